The molecule has 0 saturated heterocycles. The van der Waals surface area contributed by atoms with Gasteiger partial charge in [0.05, 0.1) is 10.9 Å². The number of hydrogen-bond acceptors (Lipinski definition) is 8. The Labute approximate surface area is 111 Å². The predicted molar refractivity (Wildman–Crippen MR) is 69.5 cm³/mol. The minimum atomic E-state index is -0.331. The standard InChI is InChI=1S/C9H11N5O2S2/c1-4-3-6(16-14-4)11-7(15)5(2)17-9-13-12-8(10)18-9/h3,5H,1-2H3,(H2,10,12)(H,11,15)/t5-/m1/s1. The first-order valence-corrected chi connectivity index (χ1v) is 6.74. The summed E-state index contributed by atoms with van der Waals surface area (Å²) in [6.45, 7) is 3.54. The van der Waals surface area contributed by atoms with Gasteiger partial charge >= 0.3 is 0 Å². The molecule has 0 fully saturated rings. The highest BCUT2D eigenvalue weighted by atomic mass is 32.2. The fourth-order valence-corrected chi connectivity index (χ4v) is 2.90. The molecule has 0 radical (unpaired) electrons. The van der Waals surface area contributed by atoms with E-state index in [9.17, 15) is 4.79 Å². The molecule has 0 spiro atoms. The molecule has 7 nitrogen and oxygen atoms in total. The number of anilines is 2. The molecule has 1 atom stereocenters. The van der Waals surface area contributed by atoms with Crippen LogP contribution < -0.4 is 11.1 Å². The Morgan fingerprint density at radius 2 is 2.39 bits per heavy atom. The van der Waals surface area contributed by atoms with Crippen molar-refractivity contribution in [2.45, 2.75) is 23.4 Å². The topological polar surface area (TPSA) is 107 Å². The molecule has 0 bridgehead atoms. The van der Waals surface area contributed by atoms with Crippen molar-refractivity contribution in [3.63, 3.8) is 0 Å². The summed E-state index contributed by atoms with van der Waals surface area (Å²) in [5, 5.41) is 13.9. The van der Waals surface area contributed by atoms with E-state index in [4.69, 9.17) is 10.3 Å². The zero-order valence-electron chi connectivity index (χ0n) is 9.71. The van der Waals surface area contributed by atoms with Crippen molar-refractivity contribution in [3.05, 3.63) is 11.8 Å². The number of hydrogen-bond donors (Lipinski definition) is 2. The Hall–Kier alpha value is -1.61. The Kier molecular flexibility index (Phi) is 3.82. The quantitative estimate of drug-likeness (QED) is 0.820. The van der Waals surface area contributed by atoms with E-state index in [2.05, 4.69) is 20.7 Å². The van der Waals surface area contributed by atoms with Crippen LogP contribution >= 0.6 is 23.1 Å². The molecule has 9 heteroatoms. The molecule has 96 valence electrons. The smallest absolute Gasteiger partial charge is 0.240 e. The van der Waals surface area contributed by atoms with Crippen LogP contribution in [0.4, 0.5) is 11.0 Å². The summed E-state index contributed by atoms with van der Waals surface area (Å²) in [4.78, 5) is 11.8. The normalized spacial score (nSPS) is 12.3. The molecule has 0 unspecified atom stereocenters. The van der Waals surface area contributed by atoms with Gasteiger partial charge in [-0.05, 0) is 13.8 Å². The number of aromatic nitrogens is 3. The summed E-state index contributed by atoms with van der Waals surface area (Å²) >= 11 is 2.54. The average Bonchev–Trinajstić information content (AvgIpc) is 2.88. The molecule has 0 aromatic carbocycles. The Balaban J connectivity index is 1.92. The first-order valence-electron chi connectivity index (χ1n) is 5.04. The van der Waals surface area contributed by atoms with Gasteiger partial charge in [0.2, 0.25) is 16.9 Å². The largest absolute Gasteiger partial charge is 0.374 e. The van der Waals surface area contributed by atoms with Crippen LogP contribution in [0.3, 0.4) is 0 Å². The van der Waals surface area contributed by atoms with Gasteiger partial charge < -0.3 is 10.3 Å². The van der Waals surface area contributed by atoms with Crippen molar-refractivity contribution >= 4 is 40.0 Å². The molecule has 1 amide bonds. The lowest BCUT2D eigenvalue weighted by Crippen LogP contribution is -2.22. The van der Waals surface area contributed by atoms with E-state index in [1.807, 2.05) is 0 Å². The van der Waals surface area contributed by atoms with Crippen LogP contribution in [-0.2, 0) is 4.79 Å². The number of nitrogens with zero attached hydrogens (tertiary/aromatic N) is 3. The van der Waals surface area contributed by atoms with Crippen LogP contribution in [0.25, 0.3) is 0 Å². The monoisotopic (exact) mass is 285 g/mol. The second-order valence-corrected chi connectivity index (χ2v) is 6.09. The maximum atomic E-state index is 11.8. The summed E-state index contributed by atoms with van der Waals surface area (Å²) in [5.41, 5.74) is 6.18. The molecule has 2 rings (SSSR count). The van der Waals surface area contributed by atoms with Gasteiger partial charge in [-0.3, -0.25) is 10.1 Å². The Morgan fingerprint density at radius 3 is 2.94 bits per heavy atom. The summed E-state index contributed by atoms with van der Waals surface area (Å²) < 4.78 is 5.56. The number of thioether (sulfide) groups is 1. The van der Waals surface area contributed by atoms with Gasteiger partial charge in [-0.15, -0.1) is 10.2 Å². The van der Waals surface area contributed by atoms with Gasteiger partial charge in [0.15, 0.2) is 4.34 Å². The molecule has 3 N–H and O–H groups in total. The second kappa shape index (κ2) is 5.36. The summed E-state index contributed by atoms with van der Waals surface area (Å²) in [6, 6.07) is 1.65. The van der Waals surface area contributed by atoms with E-state index in [1.165, 1.54) is 23.1 Å². The fraction of sp³-hybridized carbons (Fsp3) is 0.333. The lowest BCUT2D eigenvalue weighted by Gasteiger charge is -2.07. The number of amides is 1. The van der Waals surface area contributed by atoms with Crippen LogP contribution in [0.5, 0.6) is 0 Å². The van der Waals surface area contributed by atoms with Crippen LogP contribution in [-0.4, -0.2) is 26.5 Å². The van der Waals surface area contributed by atoms with E-state index < -0.39 is 0 Å². The third-order valence-electron chi connectivity index (χ3n) is 1.94. The number of nitrogens with one attached hydrogen (secondary N) is 1. The molecule has 18 heavy (non-hydrogen) atoms. The molecular formula is C9H11N5O2S2. The van der Waals surface area contributed by atoms with Crippen molar-refractivity contribution in [2.75, 3.05) is 11.1 Å². The molecule has 0 aliphatic carbocycles. The van der Waals surface area contributed by atoms with Gasteiger partial charge in [-0.25, -0.2) is 0 Å². The number of rotatable bonds is 4. The summed E-state index contributed by atoms with van der Waals surface area (Å²) in [6.07, 6.45) is 0. The maximum absolute atomic E-state index is 11.8. The molecular weight excluding hydrogens is 274 g/mol. The van der Waals surface area contributed by atoms with Crippen molar-refractivity contribution in [3.8, 4) is 0 Å². The third kappa shape index (κ3) is 3.20. The molecule has 0 saturated carbocycles. The highest BCUT2D eigenvalue weighted by molar-refractivity contribution is 8.02. The molecule has 0 aliphatic heterocycles. The van der Waals surface area contributed by atoms with Crippen LogP contribution in [0.1, 0.15) is 12.6 Å². The predicted octanol–water partition coefficient (Wildman–Crippen LogP) is 1.54. The van der Waals surface area contributed by atoms with E-state index in [0.29, 0.717) is 21.0 Å². The molecule has 2 aromatic heterocycles. The Morgan fingerprint density at radius 1 is 1.61 bits per heavy atom. The van der Waals surface area contributed by atoms with Crippen LogP contribution in [0, 0.1) is 6.92 Å². The van der Waals surface area contributed by atoms with Gasteiger partial charge in [-0.2, -0.15) is 0 Å². The van der Waals surface area contributed by atoms with Crippen molar-refractivity contribution in [1.29, 1.82) is 0 Å². The van der Waals surface area contributed by atoms with E-state index in [0.717, 1.165) is 0 Å². The highest BCUT2D eigenvalue weighted by Crippen LogP contribution is 2.28. The molecule has 0 aliphatic rings. The minimum Gasteiger partial charge on any atom is -0.374 e. The van der Waals surface area contributed by atoms with E-state index in [-0.39, 0.29) is 11.2 Å². The van der Waals surface area contributed by atoms with Crippen LogP contribution in [0.2, 0.25) is 0 Å². The minimum absolute atomic E-state index is 0.190. The van der Waals surface area contributed by atoms with Crippen molar-refractivity contribution in [2.24, 2.45) is 0 Å². The average molecular weight is 285 g/mol. The van der Waals surface area contributed by atoms with E-state index >= 15 is 0 Å². The third-order valence-corrected chi connectivity index (χ3v) is 3.88. The van der Waals surface area contributed by atoms with Crippen molar-refractivity contribution in [1.82, 2.24) is 15.4 Å². The van der Waals surface area contributed by atoms with Gasteiger partial charge in [0.1, 0.15) is 0 Å². The van der Waals surface area contributed by atoms with Crippen molar-refractivity contribution < 1.29 is 9.32 Å². The number of nitrogen functional groups attached to an aromatic ring is 1. The number of nitrogens with two attached hydrogens (primary N) is 1. The number of carbonyl (C=O) groups is 1. The summed E-state index contributed by atoms with van der Waals surface area (Å²) in [5.74, 6) is 0.145. The lowest BCUT2D eigenvalue weighted by atomic mass is 10.4. The molecule has 2 heterocycles. The summed E-state index contributed by atoms with van der Waals surface area (Å²) in [7, 11) is 0. The Bertz CT molecular complexity index is 553. The molecule has 2 aromatic rings. The first-order chi connectivity index (χ1) is 8.54. The van der Waals surface area contributed by atoms with Gasteiger partial charge in [-0.1, -0.05) is 28.3 Å². The number of carbonyl (C=O) groups excluding carboxylic acids is 1. The lowest BCUT2D eigenvalue weighted by molar-refractivity contribution is -0.115. The first kappa shape index (κ1) is 12.8. The van der Waals surface area contributed by atoms with Crippen LogP contribution in [0.15, 0.2) is 14.9 Å². The van der Waals surface area contributed by atoms with Gasteiger partial charge in [0, 0.05) is 6.07 Å². The zero-order valence-corrected chi connectivity index (χ0v) is 11.3. The maximum Gasteiger partial charge on any atom is 0.240 e. The van der Waals surface area contributed by atoms with E-state index in [1.54, 1.807) is 19.9 Å². The SMILES string of the molecule is Cc1cc(NC(=O)[C@@H](C)Sc2nnc(N)s2)on1. The highest BCUT2D eigenvalue weighted by Gasteiger charge is 2.18. The fourth-order valence-electron chi connectivity index (χ4n) is 1.12. The van der Waals surface area contributed by atoms with Gasteiger partial charge in [0.25, 0.3) is 0 Å². The zero-order chi connectivity index (χ0) is 13.1. The number of aryl methyl sites for hydroxylation is 1. The second-order valence-electron chi connectivity index (χ2n) is 3.49.